The maximum atomic E-state index is 11.1. The van der Waals surface area contributed by atoms with E-state index >= 15 is 0 Å². The molecule has 3 nitrogen and oxygen atoms in total. The first-order valence-electron chi connectivity index (χ1n) is 5.85. The zero-order valence-corrected chi connectivity index (χ0v) is 14.4. The molecule has 0 saturated heterocycles. The van der Waals surface area contributed by atoms with Crippen LogP contribution in [0.3, 0.4) is 0 Å². The Morgan fingerprint density at radius 3 is 2.24 bits per heavy atom. The Labute approximate surface area is 145 Å². The molecule has 0 atom stereocenters. The molecule has 0 aliphatic heterocycles. The quantitative estimate of drug-likeness (QED) is 0.738. The molecule has 0 aromatic heterocycles. The molecule has 0 fully saturated rings. The molecule has 2 aromatic carbocycles. The summed E-state index contributed by atoms with van der Waals surface area (Å²) < 4.78 is 0.798. The van der Waals surface area contributed by atoms with Crippen LogP contribution < -0.4 is 11.1 Å². The van der Waals surface area contributed by atoms with Crippen LogP contribution in [0.25, 0.3) is 0 Å². The maximum Gasteiger partial charge on any atom is 0.248 e. The van der Waals surface area contributed by atoms with Crippen molar-refractivity contribution in [3.8, 4) is 0 Å². The van der Waals surface area contributed by atoms with Gasteiger partial charge in [-0.25, -0.2) is 0 Å². The number of primary amides is 1. The highest BCUT2D eigenvalue weighted by Gasteiger charge is 2.09. The number of carbonyl (C=O) groups excluding carboxylic acids is 1. The van der Waals surface area contributed by atoms with Gasteiger partial charge in [0.15, 0.2) is 0 Å². The molecule has 0 radical (unpaired) electrons. The first kappa shape index (κ1) is 16.4. The number of nitrogens with one attached hydrogen (secondary N) is 1. The highest BCUT2D eigenvalue weighted by atomic mass is 79.9. The molecule has 3 N–H and O–H groups in total. The van der Waals surface area contributed by atoms with Gasteiger partial charge >= 0.3 is 0 Å². The molecule has 110 valence electrons. The van der Waals surface area contributed by atoms with E-state index in [-0.39, 0.29) is 0 Å². The van der Waals surface area contributed by atoms with E-state index in [0.29, 0.717) is 32.9 Å². The fraction of sp³-hybridized carbons (Fsp3) is 0.0714. The van der Waals surface area contributed by atoms with Gasteiger partial charge in [-0.05, 0) is 29.8 Å². The van der Waals surface area contributed by atoms with Gasteiger partial charge < -0.3 is 11.1 Å². The van der Waals surface area contributed by atoms with Crippen LogP contribution in [0.2, 0.25) is 15.1 Å². The molecule has 1 amide bonds. The lowest BCUT2D eigenvalue weighted by Gasteiger charge is -2.12. The first-order chi connectivity index (χ1) is 9.88. The summed E-state index contributed by atoms with van der Waals surface area (Å²) in [5.74, 6) is -0.518. The third-order valence-corrected chi connectivity index (χ3v) is 4.21. The molecule has 0 saturated carbocycles. The zero-order chi connectivity index (χ0) is 15.6. The lowest BCUT2D eigenvalue weighted by molar-refractivity contribution is 0.100. The van der Waals surface area contributed by atoms with Crippen LogP contribution in [0.1, 0.15) is 15.9 Å². The monoisotopic (exact) mass is 406 g/mol. The van der Waals surface area contributed by atoms with Crippen molar-refractivity contribution in [2.75, 3.05) is 5.32 Å². The van der Waals surface area contributed by atoms with Crippen LogP contribution in [0, 0.1) is 0 Å². The number of carbonyl (C=O) groups is 1. The third-order valence-electron chi connectivity index (χ3n) is 2.80. The van der Waals surface area contributed by atoms with Crippen molar-refractivity contribution in [3.05, 3.63) is 61.0 Å². The fourth-order valence-corrected chi connectivity index (χ4v) is 3.33. The van der Waals surface area contributed by atoms with Gasteiger partial charge in [0.2, 0.25) is 5.91 Å². The lowest BCUT2D eigenvalue weighted by Crippen LogP contribution is -2.11. The smallest absolute Gasteiger partial charge is 0.248 e. The number of nitrogens with two attached hydrogens (primary N) is 1. The normalized spacial score (nSPS) is 10.5. The zero-order valence-electron chi connectivity index (χ0n) is 10.6. The summed E-state index contributed by atoms with van der Waals surface area (Å²) in [4.78, 5) is 11.1. The number of amides is 1. The SMILES string of the molecule is NC(=O)c1ccc(CNc2c(Cl)cc(Br)cc2Cl)c(Cl)c1. The number of halogens is 4. The molecule has 0 bridgehead atoms. The molecule has 7 heteroatoms. The molecule has 2 rings (SSSR count). The van der Waals surface area contributed by atoms with E-state index in [1.165, 1.54) is 6.07 Å². The summed E-state index contributed by atoms with van der Waals surface area (Å²) in [5.41, 5.74) is 6.99. The van der Waals surface area contributed by atoms with Gasteiger partial charge in [-0.15, -0.1) is 0 Å². The van der Waals surface area contributed by atoms with Crippen LogP contribution in [0.15, 0.2) is 34.8 Å². The Balaban J connectivity index is 2.19. The molecule has 0 aliphatic rings. The van der Waals surface area contributed by atoms with Crippen LogP contribution in [0.4, 0.5) is 5.69 Å². The minimum atomic E-state index is -0.518. The Kier molecular flexibility index (Phi) is 5.38. The minimum Gasteiger partial charge on any atom is -0.378 e. The topological polar surface area (TPSA) is 55.1 Å². The van der Waals surface area contributed by atoms with Crippen molar-refractivity contribution in [2.45, 2.75) is 6.54 Å². The second kappa shape index (κ2) is 6.88. The Hall–Kier alpha value is -0.940. The summed E-state index contributed by atoms with van der Waals surface area (Å²) in [5, 5.41) is 4.57. The largest absolute Gasteiger partial charge is 0.378 e. The van der Waals surface area contributed by atoms with Crippen molar-refractivity contribution in [1.29, 1.82) is 0 Å². The van der Waals surface area contributed by atoms with Crippen LogP contribution >= 0.6 is 50.7 Å². The van der Waals surface area contributed by atoms with Crippen molar-refractivity contribution >= 4 is 62.3 Å². The molecule has 0 aliphatic carbocycles. The van der Waals surface area contributed by atoms with Crippen LogP contribution in [-0.2, 0) is 6.54 Å². The summed E-state index contributed by atoms with van der Waals surface area (Å²) >= 11 is 21.7. The second-order valence-electron chi connectivity index (χ2n) is 4.27. The standard InChI is InChI=1S/C14H10BrCl3N2O/c15-9-4-11(17)13(12(18)5-9)20-6-8-2-1-7(14(19)21)3-10(8)16/h1-5,20H,6H2,(H2,19,21). The molecule has 0 unspecified atom stereocenters. The van der Waals surface area contributed by atoms with E-state index in [9.17, 15) is 4.79 Å². The summed E-state index contributed by atoms with van der Waals surface area (Å²) in [6.07, 6.45) is 0. The van der Waals surface area contributed by atoms with Crippen molar-refractivity contribution in [2.24, 2.45) is 5.73 Å². The Morgan fingerprint density at radius 2 is 1.71 bits per heavy atom. The van der Waals surface area contributed by atoms with Crippen LogP contribution in [0.5, 0.6) is 0 Å². The Bertz CT molecular complexity index is 684. The molecular weight excluding hydrogens is 398 g/mol. The number of rotatable bonds is 4. The molecular formula is C14H10BrCl3N2O. The predicted molar refractivity (Wildman–Crippen MR) is 91.5 cm³/mol. The maximum absolute atomic E-state index is 11.1. The van der Waals surface area contributed by atoms with E-state index in [1.54, 1.807) is 24.3 Å². The fourth-order valence-electron chi connectivity index (χ4n) is 1.74. The average molecular weight is 409 g/mol. The van der Waals surface area contributed by atoms with Crippen molar-refractivity contribution in [1.82, 2.24) is 0 Å². The number of hydrogen-bond acceptors (Lipinski definition) is 2. The molecule has 0 heterocycles. The van der Waals surface area contributed by atoms with Crippen molar-refractivity contribution < 1.29 is 4.79 Å². The highest BCUT2D eigenvalue weighted by molar-refractivity contribution is 9.10. The lowest BCUT2D eigenvalue weighted by atomic mass is 10.1. The van der Waals surface area contributed by atoms with E-state index in [4.69, 9.17) is 40.5 Å². The van der Waals surface area contributed by atoms with E-state index in [0.717, 1.165) is 10.0 Å². The summed E-state index contributed by atoms with van der Waals surface area (Å²) in [6.45, 7) is 0.416. The average Bonchev–Trinajstić information content (AvgIpc) is 2.38. The van der Waals surface area contributed by atoms with E-state index in [2.05, 4.69) is 21.2 Å². The van der Waals surface area contributed by atoms with Gasteiger partial charge in [-0.2, -0.15) is 0 Å². The van der Waals surface area contributed by atoms with Gasteiger partial charge in [0.1, 0.15) is 0 Å². The van der Waals surface area contributed by atoms with Gasteiger partial charge in [0, 0.05) is 21.6 Å². The third kappa shape index (κ3) is 4.04. The van der Waals surface area contributed by atoms with E-state index < -0.39 is 5.91 Å². The van der Waals surface area contributed by atoms with Gasteiger partial charge in [-0.1, -0.05) is 56.8 Å². The van der Waals surface area contributed by atoms with Crippen molar-refractivity contribution in [3.63, 3.8) is 0 Å². The number of anilines is 1. The number of hydrogen-bond donors (Lipinski definition) is 2. The molecule has 2 aromatic rings. The van der Waals surface area contributed by atoms with Crippen LogP contribution in [-0.4, -0.2) is 5.91 Å². The van der Waals surface area contributed by atoms with Gasteiger partial charge in [-0.3, -0.25) is 4.79 Å². The first-order valence-corrected chi connectivity index (χ1v) is 7.78. The molecule has 21 heavy (non-hydrogen) atoms. The highest BCUT2D eigenvalue weighted by Crippen LogP contribution is 2.34. The number of benzene rings is 2. The second-order valence-corrected chi connectivity index (χ2v) is 6.41. The molecule has 0 spiro atoms. The van der Waals surface area contributed by atoms with E-state index in [1.807, 2.05) is 0 Å². The Morgan fingerprint density at radius 1 is 1.10 bits per heavy atom. The van der Waals surface area contributed by atoms with Gasteiger partial charge in [0.05, 0.1) is 15.7 Å². The predicted octanol–water partition coefficient (Wildman–Crippen LogP) is 5.12. The van der Waals surface area contributed by atoms with Gasteiger partial charge in [0.25, 0.3) is 0 Å². The summed E-state index contributed by atoms with van der Waals surface area (Å²) in [6, 6.07) is 8.37. The minimum absolute atomic E-state index is 0.364. The summed E-state index contributed by atoms with van der Waals surface area (Å²) in [7, 11) is 0.